The molecule has 0 aliphatic rings. The Kier molecular flexibility index (Phi) is 7.79. The van der Waals surface area contributed by atoms with Gasteiger partial charge < -0.3 is 15.5 Å². The van der Waals surface area contributed by atoms with Gasteiger partial charge in [-0.3, -0.25) is 9.59 Å². The topological polar surface area (TPSA) is 61.4 Å². The van der Waals surface area contributed by atoms with Crippen molar-refractivity contribution in [1.82, 2.24) is 15.5 Å². The molecule has 0 fully saturated rings. The minimum Gasteiger partial charge on any atom is -0.355 e. The summed E-state index contributed by atoms with van der Waals surface area (Å²) in [5, 5.41) is 6.11. The fraction of sp³-hybridized carbons (Fsp3) is 0.467. The van der Waals surface area contributed by atoms with Crippen LogP contribution in [0, 0.1) is 0 Å². The molecule has 0 saturated heterocycles. The third-order valence-electron chi connectivity index (χ3n) is 2.83. The number of nitrogens with zero attached hydrogens (tertiary/aromatic N) is 1. The van der Waals surface area contributed by atoms with Gasteiger partial charge in [0, 0.05) is 24.7 Å². The second-order valence-corrected chi connectivity index (χ2v) is 5.50. The maximum absolute atomic E-state index is 11.6. The van der Waals surface area contributed by atoms with Gasteiger partial charge in [-0.05, 0) is 38.2 Å². The lowest BCUT2D eigenvalue weighted by Crippen LogP contribution is -2.35. The highest BCUT2D eigenvalue weighted by molar-refractivity contribution is 6.30. The maximum Gasteiger partial charge on any atom is 0.229 e. The maximum atomic E-state index is 11.6. The third kappa shape index (κ3) is 8.32. The van der Waals surface area contributed by atoms with Gasteiger partial charge in [-0.15, -0.1) is 0 Å². The Labute approximate surface area is 130 Å². The molecule has 1 aromatic rings. The van der Waals surface area contributed by atoms with E-state index in [1.165, 1.54) is 0 Å². The van der Waals surface area contributed by atoms with E-state index >= 15 is 0 Å². The monoisotopic (exact) mass is 311 g/mol. The number of benzene rings is 1. The summed E-state index contributed by atoms with van der Waals surface area (Å²) in [7, 11) is 3.85. The average Bonchev–Trinajstić information content (AvgIpc) is 2.38. The third-order valence-corrected chi connectivity index (χ3v) is 3.06. The molecule has 2 amide bonds. The van der Waals surface area contributed by atoms with Gasteiger partial charge >= 0.3 is 0 Å². The molecule has 0 aliphatic heterocycles. The molecule has 1 rings (SSSR count). The Morgan fingerprint density at radius 3 is 2.43 bits per heavy atom. The highest BCUT2D eigenvalue weighted by Crippen LogP contribution is 2.10. The zero-order valence-corrected chi connectivity index (χ0v) is 13.2. The van der Waals surface area contributed by atoms with Gasteiger partial charge in [0.15, 0.2) is 0 Å². The van der Waals surface area contributed by atoms with E-state index < -0.39 is 0 Å². The second-order valence-electron chi connectivity index (χ2n) is 5.06. The van der Waals surface area contributed by atoms with Crippen LogP contribution in [0.25, 0.3) is 0 Å². The zero-order valence-electron chi connectivity index (χ0n) is 12.5. The minimum atomic E-state index is -0.264. The predicted molar refractivity (Wildman–Crippen MR) is 84.3 cm³/mol. The number of carbonyl (C=O) groups excluding carboxylic acids is 2. The fourth-order valence-electron chi connectivity index (χ4n) is 1.73. The van der Waals surface area contributed by atoms with Crippen molar-refractivity contribution in [2.75, 3.05) is 33.7 Å². The number of amides is 2. The van der Waals surface area contributed by atoms with E-state index in [2.05, 4.69) is 10.6 Å². The van der Waals surface area contributed by atoms with Gasteiger partial charge in [-0.2, -0.15) is 0 Å². The number of hydrogen-bond acceptors (Lipinski definition) is 3. The number of nitrogens with one attached hydrogen (secondary N) is 2. The number of likely N-dealkylation sites (N-methyl/N-ethyl adjacent to an activating group) is 1. The Bertz CT molecular complexity index is 478. The van der Waals surface area contributed by atoms with Crippen molar-refractivity contribution in [2.45, 2.75) is 12.8 Å². The molecule has 0 atom stereocenters. The van der Waals surface area contributed by atoms with Crippen LogP contribution in [-0.4, -0.2) is 50.4 Å². The average molecular weight is 312 g/mol. The first-order valence-electron chi connectivity index (χ1n) is 6.90. The highest BCUT2D eigenvalue weighted by Gasteiger charge is 2.08. The molecule has 0 aromatic heterocycles. The predicted octanol–water partition coefficient (Wildman–Crippen LogP) is 1.07. The van der Waals surface area contributed by atoms with Gasteiger partial charge in [0.1, 0.15) is 6.42 Å². The summed E-state index contributed by atoms with van der Waals surface area (Å²) in [5.74, 6) is -0.517. The van der Waals surface area contributed by atoms with Crippen molar-refractivity contribution in [3.8, 4) is 0 Å². The largest absolute Gasteiger partial charge is 0.355 e. The SMILES string of the molecule is CN(C)CCNC(=O)CC(=O)NCCc1cccc(Cl)c1. The van der Waals surface area contributed by atoms with Crippen LogP contribution < -0.4 is 10.6 Å². The summed E-state index contributed by atoms with van der Waals surface area (Å²) < 4.78 is 0. The fourth-order valence-corrected chi connectivity index (χ4v) is 1.94. The normalized spacial score (nSPS) is 10.5. The van der Waals surface area contributed by atoms with E-state index in [-0.39, 0.29) is 18.2 Å². The summed E-state index contributed by atoms with van der Waals surface area (Å²) in [4.78, 5) is 25.1. The number of carbonyl (C=O) groups is 2. The number of rotatable bonds is 8. The minimum absolute atomic E-state index is 0.136. The first kappa shape index (κ1) is 17.5. The lowest BCUT2D eigenvalue weighted by atomic mass is 10.1. The summed E-state index contributed by atoms with van der Waals surface area (Å²) in [5.41, 5.74) is 1.05. The molecule has 0 bridgehead atoms. The molecule has 0 saturated carbocycles. The summed E-state index contributed by atoms with van der Waals surface area (Å²) in [6.07, 6.45) is 0.553. The number of hydrogen-bond donors (Lipinski definition) is 2. The first-order chi connectivity index (χ1) is 9.97. The van der Waals surface area contributed by atoms with E-state index in [4.69, 9.17) is 11.6 Å². The van der Waals surface area contributed by atoms with Crippen molar-refractivity contribution in [3.05, 3.63) is 34.9 Å². The smallest absolute Gasteiger partial charge is 0.229 e. The Morgan fingerprint density at radius 1 is 1.14 bits per heavy atom. The zero-order chi connectivity index (χ0) is 15.7. The highest BCUT2D eigenvalue weighted by atomic mass is 35.5. The second kappa shape index (κ2) is 9.37. The molecule has 0 heterocycles. The van der Waals surface area contributed by atoms with Crippen molar-refractivity contribution < 1.29 is 9.59 Å². The van der Waals surface area contributed by atoms with Gasteiger partial charge in [0.05, 0.1) is 0 Å². The van der Waals surface area contributed by atoms with Crippen molar-refractivity contribution in [3.63, 3.8) is 0 Å². The van der Waals surface area contributed by atoms with Gasteiger partial charge in [-0.25, -0.2) is 0 Å². The van der Waals surface area contributed by atoms with Crippen LogP contribution in [0.2, 0.25) is 5.02 Å². The van der Waals surface area contributed by atoms with Crippen LogP contribution in [0.4, 0.5) is 0 Å². The van der Waals surface area contributed by atoms with Crippen molar-refractivity contribution >= 4 is 23.4 Å². The van der Waals surface area contributed by atoms with E-state index in [9.17, 15) is 9.59 Å². The first-order valence-corrected chi connectivity index (χ1v) is 7.27. The molecule has 5 nitrogen and oxygen atoms in total. The summed E-state index contributed by atoms with van der Waals surface area (Å²) >= 11 is 5.88. The molecular weight excluding hydrogens is 290 g/mol. The Balaban J connectivity index is 2.17. The lowest BCUT2D eigenvalue weighted by molar-refractivity contribution is -0.129. The molecule has 21 heavy (non-hydrogen) atoms. The molecule has 116 valence electrons. The molecule has 1 aromatic carbocycles. The quantitative estimate of drug-likeness (QED) is 0.706. The molecular formula is C15H22ClN3O2. The van der Waals surface area contributed by atoms with Gasteiger partial charge in [-0.1, -0.05) is 23.7 Å². The van der Waals surface area contributed by atoms with Crippen LogP contribution in [0.1, 0.15) is 12.0 Å². The van der Waals surface area contributed by atoms with Crippen molar-refractivity contribution in [1.29, 1.82) is 0 Å². The molecule has 0 radical (unpaired) electrons. The summed E-state index contributed by atoms with van der Waals surface area (Å²) in [6, 6.07) is 7.49. The molecule has 0 unspecified atom stereocenters. The van der Waals surface area contributed by atoms with E-state index in [0.717, 1.165) is 12.1 Å². The molecule has 0 aliphatic carbocycles. The van der Waals surface area contributed by atoms with Crippen LogP contribution in [0.3, 0.4) is 0 Å². The lowest BCUT2D eigenvalue weighted by Gasteiger charge is -2.10. The van der Waals surface area contributed by atoms with E-state index in [1.54, 1.807) is 0 Å². The van der Waals surface area contributed by atoms with Gasteiger partial charge in [0.25, 0.3) is 0 Å². The van der Waals surface area contributed by atoms with Crippen LogP contribution in [-0.2, 0) is 16.0 Å². The van der Waals surface area contributed by atoms with Gasteiger partial charge in [0.2, 0.25) is 11.8 Å². The van der Waals surface area contributed by atoms with E-state index in [0.29, 0.717) is 24.5 Å². The molecule has 0 spiro atoms. The Hall–Kier alpha value is -1.59. The van der Waals surface area contributed by atoms with E-state index in [1.807, 2.05) is 43.3 Å². The number of halogens is 1. The van der Waals surface area contributed by atoms with Crippen molar-refractivity contribution in [2.24, 2.45) is 0 Å². The molecule has 6 heteroatoms. The van der Waals surface area contributed by atoms with Crippen LogP contribution >= 0.6 is 11.6 Å². The van der Waals surface area contributed by atoms with Crippen LogP contribution in [0.5, 0.6) is 0 Å². The Morgan fingerprint density at radius 2 is 1.81 bits per heavy atom. The van der Waals surface area contributed by atoms with Crippen LogP contribution in [0.15, 0.2) is 24.3 Å². The standard InChI is InChI=1S/C15H22ClN3O2/c1-19(2)9-8-18-15(21)11-14(20)17-7-6-12-4-3-5-13(16)10-12/h3-5,10H,6-9,11H2,1-2H3,(H,17,20)(H,18,21). The summed E-state index contributed by atoms with van der Waals surface area (Å²) in [6.45, 7) is 1.79. The molecule has 2 N–H and O–H groups in total.